The monoisotopic (exact) mass is 903 g/mol. The van der Waals surface area contributed by atoms with Gasteiger partial charge < -0.3 is 45.3 Å². The van der Waals surface area contributed by atoms with E-state index in [1.165, 1.54) is 16.2 Å². The van der Waals surface area contributed by atoms with E-state index in [1.807, 2.05) is 29.6 Å². The molecule has 348 valence electrons. The van der Waals surface area contributed by atoms with Crippen molar-refractivity contribution < 1.29 is 43.2 Å². The summed E-state index contributed by atoms with van der Waals surface area (Å²) in [4.78, 5) is 65.8. The molecule has 0 radical (unpaired) electrons. The summed E-state index contributed by atoms with van der Waals surface area (Å²) in [5.41, 5.74) is 8.16. The predicted octanol–water partition coefficient (Wildman–Crippen LogP) is 6.46. The second kappa shape index (κ2) is 20.2. The fourth-order valence-electron chi connectivity index (χ4n) is 9.96. The van der Waals surface area contributed by atoms with Crippen LogP contribution in [0.1, 0.15) is 97.8 Å². The number of benzene rings is 1. The number of nitrogens with zero attached hydrogens (tertiary/aromatic N) is 4. The van der Waals surface area contributed by atoms with Crippen molar-refractivity contribution in [3.05, 3.63) is 29.6 Å². The first kappa shape index (κ1) is 45.8. The van der Waals surface area contributed by atoms with Crippen LogP contribution in [0.5, 0.6) is 11.5 Å². The second-order valence-corrected chi connectivity index (χ2v) is 20.1. The van der Waals surface area contributed by atoms with E-state index in [9.17, 15) is 24.3 Å². The van der Waals surface area contributed by atoms with E-state index in [1.54, 1.807) is 0 Å². The van der Waals surface area contributed by atoms with Crippen LogP contribution >= 0.6 is 11.3 Å². The molecular weight excluding hydrogens is 839 g/mol. The van der Waals surface area contributed by atoms with Crippen molar-refractivity contribution in [1.29, 1.82) is 0 Å². The lowest BCUT2D eigenvalue weighted by Gasteiger charge is -2.28. The molecule has 3 aromatic rings. The highest BCUT2D eigenvalue weighted by Crippen LogP contribution is 2.63. The first-order valence-electron chi connectivity index (χ1n) is 23.4. The Bertz CT molecular complexity index is 2150. The van der Waals surface area contributed by atoms with Crippen molar-refractivity contribution in [2.24, 2.45) is 28.9 Å². The summed E-state index contributed by atoms with van der Waals surface area (Å²) in [6, 6.07) is 5.89. The second-order valence-electron chi connectivity index (χ2n) is 19.2. The van der Waals surface area contributed by atoms with Gasteiger partial charge in [0.25, 0.3) is 0 Å². The van der Waals surface area contributed by atoms with Crippen LogP contribution in [-0.4, -0.2) is 125 Å². The number of pyridine rings is 1. The molecule has 0 bridgehead atoms. The van der Waals surface area contributed by atoms with Gasteiger partial charge in [-0.1, -0.05) is 39.0 Å². The molecule has 3 saturated carbocycles. The molecule has 1 aromatic carbocycles. The molecular formula is C47H65N7O9S. The minimum absolute atomic E-state index is 0.0852. The van der Waals surface area contributed by atoms with Crippen molar-refractivity contribution in [2.45, 2.75) is 128 Å². The summed E-state index contributed by atoms with van der Waals surface area (Å²) in [5, 5.41) is 18.9. The van der Waals surface area contributed by atoms with E-state index in [4.69, 9.17) is 34.6 Å². The van der Waals surface area contributed by atoms with Crippen molar-refractivity contribution in [3.8, 4) is 22.9 Å². The van der Waals surface area contributed by atoms with Crippen molar-refractivity contribution in [1.82, 2.24) is 25.1 Å². The van der Waals surface area contributed by atoms with Crippen LogP contribution in [0.4, 0.5) is 9.93 Å². The van der Waals surface area contributed by atoms with Crippen LogP contribution in [0, 0.1) is 23.2 Å². The summed E-state index contributed by atoms with van der Waals surface area (Å²) in [6.07, 6.45) is 8.03. The number of rotatable bonds is 22. The molecule has 8 rings (SSSR count). The van der Waals surface area contributed by atoms with E-state index in [2.05, 4.69) is 36.3 Å². The third-order valence-corrected chi connectivity index (χ3v) is 14.6. The highest BCUT2D eigenvalue weighted by Gasteiger charge is 2.57. The molecule has 3 aliphatic carbocycles. The molecule has 17 heteroatoms. The number of carboxylic acids is 1. The summed E-state index contributed by atoms with van der Waals surface area (Å²) in [5.74, 6) is 0.129. The third kappa shape index (κ3) is 11.6. The lowest BCUT2D eigenvalue weighted by atomic mass is 10.0. The number of fused-ring (bicyclic) bond motifs is 2. The number of likely N-dealkylation sites (tertiary alicyclic amines) is 1. The average molecular weight is 904 g/mol. The number of nitrogens with one attached hydrogen (secondary N) is 2. The number of aliphatic carboxylic acids is 1. The van der Waals surface area contributed by atoms with Crippen LogP contribution < -0.4 is 25.8 Å². The van der Waals surface area contributed by atoms with Crippen LogP contribution in [0.15, 0.2) is 29.6 Å². The first-order chi connectivity index (χ1) is 30.8. The maximum Gasteiger partial charge on any atom is 0.408 e. The quantitative estimate of drug-likeness (QED) is 0.0800. The Morgan fingerprint density at radius 3 is 2.53 bits per heavy atom. The molecule has 1 unspecified atom stereocenters. The minimum Gasteiger partial charge on any atom is -0.492 e. The molecule has 4 heterocycles. The number of thiazole rings is 1. The van der Waals surface area contributed by atoms with E-state index < -0.39 is 42.1 Å². The molecule has 2 aromatic heterocycles. The molecule has 5 fully saturated rings. The number of nitrogens with two attached hydrogens (primary N) is 1. The van der Waals surface area contributed by atoms with Gasteiger partial charge in [-0.2, -0.15) is 0 Å². The lowest BCUT2D eigenvalue weighted by Crippen LogP contribution is -2.53. The Kier molecular flexibility index (Phi) is 14.5. The highest BCUT2D eigenvalue weighted by molar-refractivity contribution is 7.14. The minimum atomic E-state index is -0.945. The number of hydrogen-bond acceptors (Lipinski definition) is 13. The Morgan fingerprint density at radius 2 is 1.80 bits per heavy atom. The van der Waals surface area contributed by atoms with Gasteiger partial charge in [-0.15, -0.1) is 11.3 Å². The molecule has 2 saturated heterocycles. The van der Waals surface area contributed by atoms with Gasteiger partial charge in [0.15, 0.2) is 5.13 Å². The zero-order valence-electron chi connectivity index (χ0n) is 37.4. The average Bonchev–Trinajstić information content (AvgIpc) is 3.95. The van der Waals surface area contributed by atoms with Gasteiger partial charge in [-0.3, -0.25) is 19.3 Å². The Balaban J connectivity index is 0.958. The molecule has 3 amide bonds. The number of alkyl carbamates (subject to hydrolysis) is 1. The molecule has 8 atom stereocenters. The number of carbonyl (C=O) groups excluding carboxylic acids is 3. The number of primary amides is 1. The fraction of sp³-hybridized carbons (Fsp3) is 0.660. The summed E-state index contributed by atoms with van der Waals surface area (Å²) >= 11 is 1.49. The maximum atomic E-state index is 14.5. The number of hydrogen-bond donors (Lipinski definition) is 4. The van der Waals surface area contributed by atoms with Gasteiger partial charge in [0.1, 0.15) is 48.1 Å². The molecule has 16 nitrogen and oxygen atoms in total. The van der Waals surface area contributed by atoms with Crippen LogP contribution in [0.25, 0.3) is 22.3 Å². The van der Waals surface area contributed by atoms with Gasteiger partial charge in [0.2, 0.25) is 11.8 Å². The van der Waals surface area contributed by atoms with Crippen LogP contribution in [0.3, 0.4) is 0 Å². The number of unbranched alkanes of at least 4 members (excludes halogenated alkanes) is 4. The number of carboxylic acid groups (broad SMARTS) is 1. The SMILES string of the molecule is CC(C)Nc1nc(-c2cc(OC3C[C@@H](C(N)=O)N(C(=O)[C@H](CCCCCCC[C@@H]4C[C@@H]4C(=O)O)NC(=O)O[C@H]4C[C@H]5C[C@@]5(C)C4)C3)c3ccc(OCCN4CCOCC4)cc3n2)cs1. The third-order valence-electron chi connectivity index (χ3n) is 13.8. The Labute approximate surface area is 379 Å². The number of carbonyl (C=O) groups is 4. The highest BCUT2D eigenvalue weighted by atomic mass is 32.1. The van der Waals surface area contributed by atoms with Gasteiger partial charge in [0.05, 0.1) is 36.9 Å². The smallest absolute Gasteiger partial charge is 0.408 e. The predicted molar refractivity (Wildman–Crippen MR) is 242 cm³/mol. The summed E-state index contributed by atoms with van der Waals surface area (Å²) in [6.45, 7) is 10.9. The zero-order valence-corrected chi connectivity index (χ0v) is 38.2. The van der Waals surface area contributed by atoms with Gasteiger partial charge in [-0.05, 0) is 81.8 Å². The van der Waals surface area contributed by atoms with Crippen molar-refractivity contribution in [3.63, 3.8) is 0 Å². The van der Waals surface area contributed by atoms with E-state index in [0.29, 0.717) is 53.8 Å². The number of aromatic nitrogens is 2. The number of ether oxygens (including phenoxy) is 4. The van der Waals surface area contributed by atoms with Crippen molar-refractivity contribution >= 4 is 51.2 Å². The van der Waals surface area contributed by atoms with E-state index >= 15 is 0 Å². The molecule has 64 heavy (non-hydrogen) atoms. The molecule has 5 N–H and O–H groups in total. The molecule has 2 aliphatic heterocycles. The topological polar surface area (TPSA) is 208 Å². The first-order valence-corrected chi connectivity index (χ1v) is 24.3. The van der Waals surface area contributed by atoms with Gasteiger partial charge in [0, 0.05) is 55.0 Å². The normalized spacial score (nSPS) is 26.7. The lowest BCUT2D eigenvalue weighted by molar-refractivity contribution is -0.139. The Hall–Kier alpha value is -4.74. The molecule has 0 spiro atoms. The Morgan fingerprint density at radius 1 is 1.00 bits per heavy atom. The number of morpholine rings is 1. The van der Waals surface area contributed by atoms with Crippen LogP contribution in [-0.2, 0) is 23.9 Å². The summed E-state index contributed by atoms with van der Waals surface area (Å²) < 4.78 is 24.3. The van der Waals surface area contributed by atoms with Gasteiger partial charge >= 0.3 is 12.1 Å². The number of amides is 3. The van der Waals surface area contributed by atoms with E-state index in [-0.39, 0.29) is 42.4 Å². The van der Waals surface area contributed by atoms with Gasteiger partial charge in [-0.25, -0.2) is 14.8 Å². The van der Waals surface area contributed by atoms with E-state index in [0.717, 1.165) is 101 Å². The molecule has 5 aliphatic rings. The van der Waals surface area contributed by atoms with Crippen molar-refractivity contribution in [2.75, 3.05) is 51.3 Å². The number of anilines is 1. The fourth-order valence-corrected chi connectivity index (χ4v) is 10.8. The summed E-state index contributed by atoms with van der Waals surface area (Å²) in [7, 11) is 0. The zero-order chi connectivity index (χ0) is 45.0. The largest absolute Gasteiger partial charge is 0.492 e. The van der Waals surface area contributed by atoms with Crippen LogP contribution in [0.2, 0.25) is 0 Å². The maximum absolute atomic E-state index is 14.5. The standard InChI is InChI=1S/C47H65N7O9S/c1-28(2)49-45-51-39(27-64-45)38-23-41(34-12-11-31(21-37(34)50-38)61-18-15-53-13-16-60-17-14-53)62-33-22-40(42(48)55)54(26-33)43(56)36(52-46(59)63-32-20-30-24-47(30,3)25-32)10-8-6-4-5-7-9-29-19-35(29)44(57)58/h11-12,21,23,27-30,32-33,35-36,40H,4-10,13-20,22,24-26H2,1-3H3,(H2,48,55)(H,49,51)(H,52,59)(H,57,58)/t29-,30+,32+,33?,35+,36+,40+,47+/m1/s1.